The summed E-state index contributed by atoms with van der Waals surface area (Å²) in [7, 11) is 0. The van der Waals surface area contributed by atoms with Crippen molar-refractivity contribution in [3.63, 3.8) is 0 Å². The lowest BCUT2D eigenvalue weighted by Crippen LogP contribution is -2.06. The Morgan fingerprint density at radius 3 is 2.68 bits per heavy atom. The molecule has 0 radical (unpaired) electrons. The molecule has 1 aromatic rings. The Balaban J connectivity index is 3.10. The van der Waals surface area contributed by atoms with Gasteiger partial charge < -0.3 is 10.2 Å². The van der Waals surface area contributed by atoms with Crippen molar-refractivity contribution in [2.24, 2.45) is 5.92 Å². The van der Waals surface area contributed by atoms with Crippen molar-refractivity contribution in [1.29, 1.82) is 0 Å². The Hall–Kier alpha value is -1.67. The molecular formula is C11H12FNO5S. The maximum Gasteiger partial charge on any atom is 0.342 e. The second kappa shape index (κ2) is 6.48. The minimum atomic E-state index is -1.48. The zero-order valence-electron chi connectivity index (χ0n) is 10.00. The number of nitrogens with zero attached hydrogens (tertiary/aromatic N) is 1. The van der Waals surface area contributed by atoms with E-state index >= 15 is 0 Å². The number of aliphatic hydroxyl groups excluding tert-OH is 1. The first-order valence-electron chi connectivity index (χ1n) is 5.31. The first-order valence-corrected chi connectivity index (χ1v) is 6.30. The minimum absolute atomic E-state index is 0.0169. The first-order chi connectivity index (χ1) is 8.86. The van der Waals surface area contributed by atoms with Gasteiger partial charge in [-0.3, -0.25) is 10.1 Å². The lowest BCUT2D eigenvalue weighted by molar-refractivity contribution is -0.385. The molecule has 19 heavy (non-hydrogen) atoms. The molecule has 0 aliphatic rings. The van der Waals surface area contributed by atoms with Gasteiger partial charge in [-0.1, -0.05) is 6.92 Å². The van der Waals surface area contributed by atoms with E-state index in [1.165, 1.54) is 0 Å². The van der Waals surface area contributed by atoms with Crippen molar-refractivity contribution in [3.05, 3.63) is 33.6 Å². The zero-order chi connectivity index (χ0) is 14.6. The molecule has 2 N–H and O–H groups in total. The van der Waals surface area contributed by atoms with Gasteiger partial charge in [0.1, 0.15) is 11.4 Å². The van der Waals surface area contributed by atoms with E-state index in [9.17, 15) is 19.3 Å². The van der Waals surface area contributed by atoms with Gasteiger partial charge in [0, 0.05) is 17.3 Å². The highest BCUT2D eigenvalue weighted by Gasteiger charge is 2.23. The third-order valence-electron chi connectivity index (χ3n) is 2.31. The number of hydrogen-bond acceptors (Lipinski definition) is 5. The molecule has 0 saturated carbocycles. The Bertz CT molecular complexity index is 508. The molecule has 0 aliphatic carbocycles. The fourth-order valence-corrected chi connectivity index (χ4v) is 2.23. The van der Waals surface area contributed by atoms with Crippen molar-refractivity contribution < 1.29 is 24.3 Å². The lowest BCUT2D eigenvalue weighted by atomic mass is 10.2. The smallest absolute Gasteiger partial charge is 0.342 e. The Kier molecular flexibility index (Phi) is 5.25. The van der Waals surface area contributed by atoms with Crippen LogP contribution in [0.3, 0.4) is 0 Å². The fourth-order valence-electron chi connectivity index (χ4n) is 1.26. The largest absolute Gasteiger partial charge is 0.477 e. The number of carbonyl (C=O) groups is 1. The number of halogens is 1. The summed E-state index contributed by atoms with van der Waals surface area (Å²) in [5, 5.41) is 28.4. The SMILES string of the molecule is CC(CO)CSc1cc(C(=O)O)c([N+](=O)[O-])cc1F. The fraction of sp³-hybridized carbons (Fsp3) is 0.364. The predicted molar refractivity (Wildman–Crippen MR) is 67.0 cm³/mol. The highest BCUT2D eigenvalue weighted by molar-refractivity contribution is 7.99. The number of aliphatic hydroxyl groups is 1. The average molecular weight is 289 g/mol. The highest BCUT2D eigenvalue weighted by Crippen LogP contribution is 2.30. The summed E-state index contributed by atoms with van der Waals surface area (Å²) in [5.74, 6) is -2.03. The van der Waals surface area contributed by atoms with Gasteiger partial charge in [-0.25, -0.2) is 9.18 Å². The van der Waals surface area contributed by atoms with Gasteiger partial charge in [0.25, 0.3) is 5.69 Å². The molecule has 1 rings (SSSR count). The minimum Gasteiger partial charge on any atom is -0.477 e. The third kappa shape index (κ3) is 3.90. The Morgan fingerprint density at radius 1 is 1.58 bits per heavy atom. The number of nitro benzene ring substituents is 1. The Morgan fingerprint density at radius 2 is 2.21 bits per heavy atom. The van der Waals surface area contributed by atoms with E-state index in [1.54, 1.807) is 6.92 Å². The second-order valence-electron chi connectivity index (χ2n) is 3.96. The van der Waals surface area contributed by atoms with Crippen molar-refractivity contribution in [2.45, 2.75) is 11.8 Å². The summed E-state index contributed by atoms with van der Waals surface area (Å²) < 4.78 is 13.6. The summed E-state index contributed by atoms with van der Waals surface area (Å²) >= 11 is 1.01. The summed E-state index contributed by atoms with van der Waals surface area (Å²) in [6.45, 7) is 1.67. The van der Waals surface area contributed by atoms with E-state index in [4.69, 9.17) is 10.2 Å². The number of rotatable bonds is 6. The van der Waals surface area contributed by atoms with Crippen LogP contribution in [0, 0.1) is 21.8 Å². The molecule has 6 nitrogen and oxygen atoms in total. The van der Waals surface area contributed by atoms with E-state index in [0.717, 1.165) is 17.8 Å². The molecule has 0 aromatic heterocycles. The maximum atomic E-state index is 13.6. The van der Waals surface area contributed by atoms with Gasteiger partial charge in [0.2, 0.25) is 0 Å². The van der Waals surface area contributed by atoms with Gasteiger partial charge in [0.15, 0.2) is 0 Å². The number of hydrogen-bond donors (Lipinski definition) is 2. The zero-order valence-corrected chi connectivity index (χ0v) is 10.8. The van der Waals surface area contributed by atoms with Gasteiger partial charge in [0.05, 0.1) is 11.0 Å². The predicted octanol–water partition coefficient (Wildman–Crippen LogP) is 2.15. The molecule has 104 valence electrons. The van der Waals surface area contributed by atoms with Crippen LogP contribution in [0.2, 0.25) is 0 Å². The number of carboxylic acid groups (broad SMARTS) is 1. The number of aromatic carboxylic acids is 1. The summed E-state index contributed by atoms with van der Waals surface area (Å²) in [4.78, 5) is 20.6. The maximum absolute atomic E-state index is 13.6. The van der Waals surface area contributed by atoms with Crippen molar-refractivity contribution >= 4 is 23.4 Å². The van der Waals surface area contributed by atoms with Crippen LogP contribution in [0.5, 0.6) is 0 Å². The number of carboxylic acids is 1. The molecule has 0 bridgehead atoms. The van der Waals surface area contributed by atoms with E-state index < -0.39 is 28.0 Å². The number of thioether (sulfide) groups is 1. The van der Waals surface area contributed by atoms with Crippen LogP contribution in [0.15, 0.2) is 17.0 Å². The molecule has 8 heteroatoms. The number of nitro groups is 1. The quantitative estimate of drug-likeness (QED) is 0.473. The van der Waals surface area contributed by atoms with E-state index in [0.29, 0.717) is 11.8 Å². The van der Waals surface area contributed by atoms with Gasteiger partial charge >= 0.3 is 5.97 Å². The van der Waals surface area contributed by atoms with E-state index in [2.05, 4.69) is 0 Å². The van der Waals surface area contributed by atoms with Crippen LogP contribution in [-0.4, -0.2) is 33.5 Å². The third-order valence-corrected chi connectivity index (χ3v) is 3.67. The second-order valence-corrected chi connectivity index (χ2v) is 5.02. The van der Waals surface area contributed by atoms with Crippen molar-refractivity contribution in [1.82, 2.24) is 0 Å². The normalized spacial score (nSPS) is 12.2. The van der Waals surface area contributed by atoms with Gasteiger partial charge in [-0.15, -0.1) is 11.8 Å². The van der Waals surface area contributed by atoms with Gasteiger partial charge in [-0.2, -0.15) is 0 Å². The number of benzene rings is 1. The molecule has 0 fully saturated rings. The van der Waals surface area contributed by atoms with Crippen LogP contribution < -0.4 is 0 Å². The first kappa shape index (κ1) is 15.4. The molecule has 1 aromatic carbocycles. The molecule has 0 saturated heterocycles. The van der Waals surface area contributed by atoms with Crippen LogP contribution in [0.25, 0.3) is 0 Å². The van der Waals surface area contributed by atoms with E-state index in [-0.39, 0.29) is 17.4 Å². The van der Waals surface area contributed by atoms with Crippen LogP contribution >= 0.6 is 11.8 Å². The highest BCUT2D eigenvalue weighted by atomic mass is 32.2. The molecule has 0 amide bonds. The molecule has 0 spiro atoms. The average Bonchev–Trinajstić information content (AvgIpc) is 2.35. The summed E-state index contributed by atoms with van der Waals surface area (Å²) in [5.41, 5.74) is -1.32. The standard InChI is InChI=1S/C11H12FNO5S/c1-6(4-14)5-19-10-2-7(11(15)16)9(13(17)18)3-8(10)12/h2-3,6,14H,4-5H2,1H3,(H,15,16). The van der Waals surface area contributed by atoms with Gasteiger partial charge in [-0.05, 0) is 12.0 Å². The molecule has 0 heterocycles. The van der Waals surface area contributed by atoms with Crippen LogP contribution in [-0.2, 0) is 0 Å². The monoisotopic (exact) mass is 289 g/mol. The van der Waals surface area contributed by atoms with Crippen LogP contribution in [0.1, 0.15) is 17.3 Å². The van der Waals surface area contributed by atoms with Crippen molar-refractivity contribution in [3.8, 4) is 0 Å². The van der Waals surface area contributed by atoms with Crippen LogP contribution in [0.4, 0.5) is 10.1 Å². The van der Waals surface area contributed by atoms with Crippen molar-refractivity contribution in [2.75, 3.05) is 12.4 Å². The summed E-state index contributed by atoms with van der Waals surface area (Å²) in [6.07, 6.45) is 0. The lowest BCUT2D eigenvalue weighted by Gasteiger charge is -2.08. The Labute approximate surface area is 112 Å². The van der Waals surface area contributed by atoms with E-state index in [1.807, 2.05) is 0 Å². The molecule has 1 atom stereocenters. The summed E-state index contributed by atoms with van der Waals surface area (Å²) in [6, 6.07) is 1.56. The topological polar surface area (TPSA) is 101 Å². The molecular weight excluding hydrogens is 277 g/mol. The molecule has 0 aliphatic heterocycles. The molecule has 1 unspecified atom stereocenters.